The third-order valence-corrected chi connectivity index (χ3v) is 0.457. The summed E-state index contributed by atoms with van der Waals surface area (Å²) in [6, 6.07) is 0. The number of hydrogen-bond donors (Lipinski definition) is 1. The van der Waals surface area contributed by atoms with Crippen LogP contribution in [0, 0.1) is 0 Å². The third kappa shape index (κ3) is 4.49. The minimum atomic E-state index is 0.0154. The van der Waals surface area contributed by atoms with Gasteiger partial charge in [0.25, 0.3) is 0 Å². The summed E-state index contributed by atoms with van der Waals surface area (Å²) in [6.07, 6.45) is 0. The molecule has 2 nitrogen and oxygen atoms in total. The van der Waals surface area contributed by atoms with E-state index in [0.717, 1.165) is 0 Å². The summed E-state index contributed by atoms with van der Waals surface area (Å²) < 4.78 is 1.40. The number of nitrogens with zero attached hydrogens (tertiary/aromatic N) is 1. The van der Waals surface area contributed by atoms with Crippen molar-refractivity contribution in [3.05, 3.63) is 0 Å². The summed E-state index contributed by atoms with van der Waals surface area (Å²) >= 11 is 0. The molecule has 0 spiro atoms. The average molecular weight is 110 g/mol. The molecule has 0 aliphatic carbocycles. The lowest BCUT2D eigenvalue weighted by molar-refractivity contribution is -0.379. The summed E-state index contributed by atoms with van der Waals surface area (Å²) in [6.45, 7) is 0.0154. The highest BCUT2D eigenvalue weighted by Crippen LogP contribution is 1.84. The normalized spacial score (nSPS) is 7.60. The van der Waals surface area contributed by atoms with E-state index < -0.39 is 0 Å². The first-order chi connectivity index (χ1) is 2.27. The van der Waals surface area contributed by atoms with Crippen molar-refractivity contribution in [3.63, 3.8) is 0 Å². The lowest BCUT2D eigenvalue weighted by atomic mass is 11.4. The van der Waals surface area contributed by atoms with Gasteiger partial charge in [-0.15, -0.1) is 0 Å². The van der Waals surface area contributed by atoms with Crippen molar-refractivity contribution in [1.29, 1.82) is 0 Å². The number of aliphatic hydroxyl groups excluding tert-OH is 1. The Hall–Kier alpha value is 0.490. The molecule has 1 atom stereocenters. The second-order valence-electron chi connectivity index (χ2n) is 0.611. The molecule has 0 aromatic heterocycles. The van der Waals surface area contributed by atoms with E-state index >= 15 is 0 Å². The largest absolute Gasteiger partial charge is 0.339 e. The molecule has 4 heteroatoms. The highest BCUT2D eigenvalue weighted by Gasteiger charge is 1.75. The minimum absolute atomic E-state index is 0.0154. The van der Waals surface area contributed by atoms with Crippen molar-refractivity contribution in [2.24, 2.45) is 0 Å². The lowest BCUT2D eigenvalue weighted by Gasteiger charge is -1.75. The molecule has 30 valence electrons. The van der Waals surface area contributed by atoms with Gasteiger partial charge in [-0.3, -0.25) is 0 Å². The van der Waals surface area contributed by atoms with Crippen LogP contribution in [0.1, 0.15) is 0 Å². The maximum atomic E-state index is 8.00. The van der Waals surface area contributed by atoms with E-state index in [4.69, 9.17) is 5.11 Å². The molecule has 0 radical (unpaired) electrons. The molecule has 0 heterocycles. The van der Waals surface area contributed by atoms with E-state index in [-0.39, 0.29) is 6.73 Å². The number of rotatable bonds is 1. The monoisotopic (exact) mass is 110 g/mol. The van der Waals surface area contributed by atoms with Gasteiger partial charge in [-0.2, -0.15) is 4.10 Å². The quantitative estimate of drug-likeness (QED) is 0.374. The van der Waals surface area contributed by atoms with Gasteiger partial charge >= 0.3 is 0 Å². The summed E-state index contributed by atoms with van der Waals surface area (Å²) in [4.78, 5) is 0. The highest BCUT2D eigenvalue weighted by atomic mass is 31.1. The number of aliphatic hydroxyl groups is 1. The standard InChI is InChI=1S/CH6NOP2/c3-1-2(4)5/h3-4H,1,5H2/q+1. The molecular formula is CH6NOP2+. The Morgan fingerprint density at radius 1 is 2.00 bits per heavy atom. The summed E-state index contributed by atoms with van der Waals surface area (Å²) in [7, 11) is 5.19. The van der Waals surface area contributed by atoms with Gasteiger partial charge < -0.3 is 5.11 Å². The van der Waals surface area contributed by atoms with Gasteiger partial charge in [-0.1, -0.05) is 0 Å². The zero-order valence-electron chi connectivity index (χ0n) is 2.68. The lowest BCUT2D eigenvalue weighted by Crippen LogP contribution is -1.86. The van der Waals surface area contributed by atoms with Crippen LogP contribution in [0.15, 0.2) is 0 Å². The van der Waals surface area contributed by atoms with E-state index in [1.54, 1.807) is 0 Å². The van der Waals surface area contributed by atoms with Crippen molar-refractivity contribution < 1.29 is 9.21 Å². The molecule has 1 N–H and O–H groups in total. The second kappa shape index (κ2) is 2.71. The van der Waals surface area contributed by atoms with Gasteiger partial charge in [0.05, 0.1) is 0 Å². The van der Waals surface area contributed by atoms with Crippen molar-refractivity contribution in [2.75, 3.05) is 6.73 Å². The first-order valence-corrected chi connectivity index (χ1v) is 2.08. The average Bonchev–Trinajstić information content (AvgIpc) is 1.38. The van der Waals surface area contributed by atoms with Crippen LogP contribution in [0.2, 0.25) is 0 Å². The van der Waals surface area contributed by atoms with Crippen LogP contribution in [-0.4, -0.2) is 15.9 Å². The van der Waals surface area contributed by atoms with Gasteiger partial charge in [0.15, 0.2) is 18.4 Å². The SMILES string of the molecule is OC[N+](=P)P. The van der Waals surface area contributed by atoms with E-state index in [1.807, 2.05) is 0 Å². The fourth-order valence-corrected chi connectivity index (χ4v) is 0. The Labute approximate surface area is 35.4 Å². The van der Waals surface area contributed by atoms with Crippen molar-refractivity contribution in [3.8, 4) is 0 Å². The molecule has 0 saturated heterocycles. The van der Waals surface area contributed by atoms with E-state index in [0.29, 0.717) is 0 Å². The molecule has 0 amide bonds. The van der Waals surface area contributed by atoms with Gasteiger partial charge in [0.2, 0.25) is 6.73 Å². The van der Waals surface area contributed by atoms with E-state index in [2.05, 4.69) is 18.4 Å². The Kier molecular flexibility index (Phi) is 2.98. The first-order valence-electron chi connectivity index (χ1n) is 1.11. The zero-order chi connectivity index (χ0) is 4.28. The molecule has 0 aromatic carbocycles. The Morgan fingerprint density at radius 2 is 2.20 bits per heavy atom. The maximum absolute atomic E-state index is 8.00. The van der Waals surface area contributed by atoms with Gasteiger partial charge in [0, 0.05) is 0 Å². The third-order valence-electron chi connectivity index (χ3n) is 0.152. The molecule has 0 aliphatic rings. The molecule has 0 rings (SSSR count). The summed E-state index contributed by atoms with van der Waals surface area (Å²) in [5, 5.41) is 8.00. The summed E-state index contributed by atoms with van der Waals surface area (Å²) in [5.74, 6) is 0. The highest BCUT2D eigenvalue weighted by molar-refractivity contribution is 7.15. The maximum Gasteiger partial charge on any atom is 0.247 e. The molecule has 0 aromatic rings. The predicted molar refractivity (Wildman–Crippen MR) is 25.4 cm³/mol. The van der Waals surface area contributed by atoms with Crippen LogP contribution in [0.3, 0.4) is 0 Å². The van der Waals surface area contributed by atoms with Crippen molar-refractivity contribution in [2.45, 2.75) is 0 Å². The van der Waals surface area contributed by atoms with Gasteiger partial charge in [-0.05, 0) is 0 Å². The molecule has 0 saturated carbocycles. The second-order valence-corrected chi connectivity index (χ2v) is 2.33. The molecule has 1 unspecified atom stereocenters. The first kappa shape index (κ1) is 5.49. The molecule has 0 fully saturated rings. The predicted octanol–water partition coefficient (Wildman–Crippen LogP) is 0.0652. The van der Waals surface area contributed by atoms with Gasteiger partial charge in [-0.25, -0.2) is 0 Å². The molecule has 0 bridgehead atoms. The van der Waals surface area contributed by atoms with Gasteiger partial charge in [0.1, 0.15) is 0 Å². The van der Waals surface area contributed by atoms with Crippen LogP contribution in [0.5, 0.6) is 0 Å². The zero-order valence-corrected chi connectivity index (χ0v) is 4.83. The fourth-order valence-electron chi connectivity index (χ4n) is 0. The Bertz CT molecular complexity index is 44.9. The molecule has 0 aliphatic heterocycles. The van der Waals surface area contributed by atoms with E-state index in [1.165, 1.54) is 4.10 Å². The van der Waals surface area contributed by atoms with Crippen LogP contribution < -0.4 is 0 Å². The minimum Gasteiger partial charge on any atom is -0.339 e. The van der Waals surface area contributed by atoms with Crippen molar-refractivity contribution >= 4 is 18.4 Å². The topological polar surface area (TPSA) is 23.2 Å². The van der Waals surface area contributed by atoms with E-state index in [9.17, 15) is 0 Å². The molecule has 5 heavy (non-hydrogen) atoms. The van der Waals surface area contributed by atoms with Crippen LogP contribution in [-0.2, 0) is 0 Å². The Balaban J connectivity index is 2.85. The smallest absolute Gasteiger partial charge is 0.247 e. The molecular weight excluding hydrogens is 104 g/mol. The fraction of sp³-hybridized carbons (Fsp3) is 1.00. The van der Waals surface area contributed by atoms with Crippen molar-refractivity contribution in [1.82, 2.24) is 0 Å². The van der Waals surface area contributed by atoms with Crippen LogP contribution in [0.4, 0.5) is 0 Å². The van der Waals surface area contributed by atoms with Crippen LogP contribution in [0.25, 0.3) is 0 Å². The van der Waals surface area contributed by atoms with Crippen LogP contribution >= 0.6 is 18.4 Å². The summed E-state index contributed by atoms with van der Waals surface area (Å²) in [5.41, 5.74) is 0. The number of hydrogen-bond acceptors (Lipinski definition) is 1. The Morgan fingerprint density at radius 3 is 2.20 bits per heavy atom.